The summed E-state index contributed by atoms with van der Waals surface area (Å²) >= 11 is 0. The Balaban J connectivity index is 1.88. The smallest absolute Gasteiger partial charge is 0.326 e. The molecule has 0 spiro atoms. The summed E-state index contributed by atoms with van der Waals surface area (Å²) in [5.41, 5.74) is 0. The van der Waals surface area contributed by atoms with E-state index in [0.717, 1.165) is 25.8 Å². The van der Waals surface area contributed by atoms with Gasteiger partial charge in [-0.05, 0) is 38.0 Å². The van der Waals surface area contributed by atoms with Crippen LogP contribution in [-0.2, 0) is 4.79 Å². The van der Waals surface area contributed by atoms with Gasteiger partial charge in [-0.2, -0.15) is 0 Å². The SMILES string of the molecule is CCC[C@H](NC(=O)N(CC1CC1)C1CC1)C(=O)O. The highest BCUT2D eigenvalue weighted by molar-refractivity contribution is 5.82. The molecule has 0 unspecified atom stereocenters. The van der Waals surface area contributed by atoms with Gasteiger partial charge in [-0.25, -0.2) is 9.59 Å². The maximum absolute atomic E-state index is 12.1. The molecule has 0 aromatic carbocycles. The normalized spacial score (nSPS) is 20.3. The standard InChI is InChI=1S/C13H22N2O3/c1-2-3-11(12(16)17)14-13(18)15(10-6-7-10)8-9-4-5-9/h9-11H,2-8H2,1H3,(H,14,18)(H,16,17)/t11-/m0/s1. The minimum Gasteiger partial charge on any atom is -0.480 e. The highest BCUT2D eigenvalue weighted by Gasteiger charge is 2.37. The third-order valence-corrected chi connectivity index (χ3v) is 3.57. The minimum absolute atomic E-state index is 0.190. The molecule has 0 aromatic rings. The molecule has 2 rings (SSSR count). The number of rotatable bonds is 7. The van der Waals surface area contributed by atoms with Crippen molar-refractivity contribution in [1.82, 2.24) is 10.2 Å². The Kier molecular flexibility index (Phi) is 4.09. The average molecular weight is 254 g/mol. The predicted octanol–water partition coefficient (Wildman–Crippen LogP) is 1.82. The zero-order valence-corrected chi connectivity index (χ0v) is 10.9. The predicted molar refractivity (Wildman–Crippen MR) is 67.3 cm³/mol. The van der Waals surface area contributed by atoms with Gasteiger partial charge < -0.3 is 15.3 Å². The first kappa shape index (κ1) is 13.2. The number of amides is 2. The van der Waals surface area contributed by atoms with Gasteiger partial charge in [0.15, 0.2) is 0 Å². The summed E-state index contributed by atoms with van der Waals surface area (Å²) in [7, 11) is 0. The van der Waals surface area contributed by atoms with Crippen LogP contribution in [-0.4, -0.2) is 40.6 Å². The van der Waals surface area contributed by atoms with E-state index in [0.29, 0.717) is 18.4 Å². The Hall–Kier alpha value is -1.26. The third kappa shape index (κ3) is 3.62. The molecule has 2 aliphatic carbocycles. The van der Waals surface area contributed by atoms with Crippen LogP contribution >= 0.6 is 0 Å². The van der Waals surface area contributed by atoms with Crippen LogP contribution in [0.4, 0.5) is 4.79 Å². The maximum Gasteiger partial charge on any atom is 0.326 e. The fourth-order valence-corrected chi connectivity index (χ4v) is 2.14. The number of hydrogen-bond donors (Lipinski definition) is 2. The highest BCUT2D eigenvalue weighted by atomic mass is 16.4. The molecule has 0 heterocycles. The lowest BCUT2D eigenvalue weighted by Crippen LogP contribution is -2.49. The summed E-state index contributed by atoms with van der Waals surface area (Å²) in [6.45, 7) is 2.72. The quantitative estimate of drug-likeness (QED) is 0.728. The first-order valence-corrected chi connectivity index (χ1v) is 6.91. The van der Waals surface area contributed by atoms with Crippen LogP contribution in [0.5, 0.6) is 0 Å². The van der Waals surface area contributed by atoms with E-state index < -0.39 is 12.0 Å². The zero-order valence-electron chi connectivity index (χ0n) is 10.9. The Labute approximate surface area is 108 Å². The first-order valence-electron chi connectivity index (χ1n) is 6.91. The van der Waals surface area contributed by atoms with E-state index in [1.165, 1.54) is 12.8 Å². The second-order valence-electron chi connectivity index (χ2n) is 5.46. The van der Waals surface area contributed by atoms with E-state index in [2.05, 4.69) is 5.32 Å². The average Bonchev–Trinajstić information content (AvgIpc) is 3.16. The monoisotopic (exact) mass is 254 g/mol. The maximum atomic E-state index is 12.1. The fourth-order valence-electron chi connectivity index (χ4n) is 2.14. The van der Waals surface area contributed by atoms with Gasteiger partial charge in [-0.15, -0.1) is 0 Å². The number of carboxylic acids is 1. The summed E-state index contributed by atoms with van der Waals surface area (Å²) in [4.78, 5) is 25.0. The van der Waals surface area contributed by atoms with Crippen LogP contribution in [0, 0.1) is 5.92 Å². The second kappa shape index (κ2) is 5.59. The van der Waals surface area contributed by atoms with Gasteiger partial charge in [0, 0.05) is 12.6 Å². The molecule has 0 bridgehead atoms. The fraction of sp³-hybridized carbons (Fsp3) is 0.846. The lowest BCUT2D eigenvalue weighted by molar-refractivity contribution is -0.139. The molecule has 18 heavy (non-hydrogen) atoms. The molecule has 2 N–H and O–H groups in total. The van der Waals surface area contributed by atoms with Crippen molar-refractivity contribution in [3.63, 3.8) is 0 Å². The summed E-state index contributed by atoms with van der Waals surface area (Å²) in [5.74, 6) is -0.293. The van der Waals surface area contributed by atoms with Crippen LogP contribution in [0.15, 0.2) is 0 Å². The van der Waals surface area contributed by atoms with E-state index in [1.54, 1.807) is 0 Å². The van der Waals surface area contributed by atoms with Gasteiger partial charge in [0.1, 0.15) is 6.04 Å². The number of hydrogen-bond acceptors (Lipinski definition) is 2. The largest absolute Gasteiger partial charge is 0.480 e. The van der Waals surface area contributed by atoms with Crippen LogP contribution in [0.2, 0.25) is 0 Å². The second-order valence-corrected chi connectivity index (χ2v) is 5.46. The number of nitrogens with zero attached hydrogens (tertiary/aromatic N) is 1. The molecule has 0 aromatic heterocycles. The first-order chi connectivity index (χ1) is 8.61. The van der Waals surface area contributed by atoms with Crippen molar-refractivity contribution in [2.45, 2.75) is 57.5 Å². The summed E-state index contributed by atoms with van der Waals surface area (Å²) in [6, 6.07) is -0.588. The number of nitrogens with one attached hydrogen (secondary N) is 1. The van der Waals surface area contributed by atoms with Crippen LogP contribution < -0.4 is 5.32 Å². The van der Waals surface area contributed by atoms with Gasteiger partial charge in [0.2, 0.25) is 0 Å². The van der Waals surface area contributed by atoms with Crippen molar-refractivity contribution in [2.75, 3.05) is 6.54 Å². The molecule has 2 aliphatic rings. The minimum atomic E-state index is -0.938. The van der Waals surface area contributed by atoms with Crippen molar-refractivity contribution in [3.05, 3.63) is 0 Å². The molecule has 0 radical (unpaired) electrons. The molecule has 2 saturated carbocycles. The van der Waals surface area contributed by atoms with Crippen LogP contribution in [0.1, 0.15) is 45.4 Å². The lowest BCUT2D eigenvalue weighted by Gasteiger charge is -2.25. The Morgan fingerprint density at radius 1 is 1.33 bits per heavy atom. The van der Waals surface area contributed by atoms with Gasteiger partial charge in [0.25, 0.3) is 0 Å². The summed E-state index contributed by atoms with van der Waals surface area (Å²) in [6.07, 6.45) is 5.77. The lowest BCUT2D eigenvalue weighted by atomic mass is 10.2. The van der Waals surface area contributed by atoms with E-state index in [4.69, 9.17) is 5.11 Å². The molecule has 2 amide bonds. The van der Waals surface area contributed by atoms with E-state index in [-0.39, 0.29) is 6.03 Å². The molecular weight excluding hydrogens is 232 g/mol. The number of aliphatic carboxylic acids is 1. The van der Waals surface area contributed by atoms with Crippen LogP contribution in [0.25, 0.3) is 0 Å². The van der Waals surface area contributed by atoms with E-state index >= 15 is 0 Å². The molecule has 1 atom stereocenters. The number of urea groups is 1. The molecule has 5 heteroatoms. The van der Waals surface area contributed by atoms with Crippen LogP contribution in [0.3, 0.4) is 0 Å². The van der Waals surface area contributed by atoms with Crippen molar-refractivity contribution in [3.8, 4) is 0 Å². The number of carbonyl (C=O) groups is 2. The Bertz CT molecular complexity index is 324. The van der Waals surface area contributed by atoms with Gasteiger partial charge in [-0.1, -0.05) is 13.3 Å². The number of carboxylic acid groups (broad SMARTS) is 1. The van der Waals surface area contributed by atoms with Gasteiger partial charge in [0.05, 0.1) is 0 Å². The van der Waals surface area contributed by atoms with Crippen molar-refractivity contribution >= 4 is 12.0 Å². The molecular formula is C13H22N2O3. The molecule has 5 nitrogen and oxygen atoms in total. The third-order valence-electron chi connectivity index (χ3n) is 3.57. The molecule has 2 fully saturated rings. The topological polar surface area (TPSA) is 69.6 Å². The summed E-state index contributed by atoms with van der Waals surface area (Å²) < 4.78 is 0. The summed E-state index contributed by atoms with van der Waals surface area (Å²) in [5, 5.41) is 11.7. The molecule has 0 saturated heterocycles. The van der Waals surface area contributed by atoms with Gasteiger partial charge in [-0.3, -0.25) is 0 Å². The van der Waals surface area contributed by atoms with Crippen molar-refractivity contribution < 1.29 is 14.7 Å². The molecule has 0 aliphatic heterocycles. The Morgan fingerprint density at radius 3 is 2.44 bits per heavy atom. The van der Waals surface area contributed by atoms with Crippen molar-refractivity contribution in [1.29, 1.82) is 0 Å². The number of carbonyl (C=O) groups excluding carboxylic acids is 1. The van der Waals surface area contributed by atoms with E-state index in [9.17, 15) is 9.59 Å². The van der Waals surface area contributed by atoms with Crippen molar-refractivity contribution in [2.24, 2.45) is 5.92 Å². The Morgan fingerprint density at radius 2 is 2.00 bits per heavy atom. The van der Waals surface area contributed by atoms with Gasteiger partial charge >= 0.3 is 12.0 Å². The van der Waals surface area contributed by atoms with E-state index in [1.807, 2.05) is 11.8 Å². The zero-order chi connectivity index (χ0) is 13.1. The highest BCUT2D eigenvalue weighted by Crippen LogP contribution is 2.34. The molecule has 102 valence electrons.